The Morgan fingerprint density at radius 3 is 3.00 bits per heavy atom. The van der Waals surface area contributed by atoms with E-state index >= 15 is 0 Å². The van der Waals surface area contributed by atoms with E-state index < -0.39 is 0 Å². The lowest BCUT2D eigenvalue weighted by Gasteiger charge is -2.25. The summed E-state index contributed by atoms with van der Waals surface area (Å²) in [6, 6.07) is 7.06. The van der Waals surface area contributed by atoms with E-state index in [9.17, 15) is 9.90 Å². The van der Waals surface area contributed by atoms with Crippen molar-refractivity contribution in [1.29, 1.82) is 0 Å². The number of phenols is 1. The SMILES string of the molecule is Nc1nc(-c2c(O)cccc2OCC2=CC=CCC2)cc(C2CCCNC2)c1C=O. The van der Waals surface area contributed by atoms with Crippen LogP contribution in [0.15, 0.2) is 48.1 Å². The zero-order valence-electron chi connectivity index (χ0n) is 16.9. The van der Waals surface area contributed by atoms with Crippen LogP contribution in [0.3, 0.4) is 0 Å². The molecule has 6 heteroatoms. The maximum Gasteiger partial charge on any atom is 0.154 e. The normalized spacial score (nSPS) is 18.7. The van der Waals surface area contributed by atoms with Gasteiger partial charge in [-0.25, -0.2) is 4.98 Å². The molecule has 0 saturated carbocycles. The fourth-order valence-electron chi connectivity index (χ4n) is 4.15. The molecule has 0 spiro atoms. The second kappa shape index (κ2) is 9.13. The summed E-state index contributed by atoms with van der Waals surface area (Å²) in [6.07, 6.45) is 11.0. The number of anilines is 1. The first-order valence-electron chi connectivity index (χ1n) is 10.4. The number of piperidine rings is 1. The molecule has 4 rings (SSSR count). The van der Waals surface area contributed by atoms with E-state index in [4.69, 9.17) is 10.5 Å². The highest BCUT2D eigenvalue weighted by Gasteiger charge is 2.23. The fourth-order valence-corrected chi connectivity index (χ4v) is 4.15. The van der Waals surface area contributed by atoms with Gasteiger partial charge in [-0.2, -0.15) is 0 Å². The molecule has 1 saturated heterocycles. The van der Waals surface area contributed by atoms with Crippen LogP contribution >= 0.6 is 0 Å². The van der Waals surface area contributed by atoms with Gasteiger partial charge >= 0.3 is 0 Å². The number of nitrogen functional groups attached to an aromatic ring is 1. The average molecular weight is 405 g/mol. The number of pyridine rings is 1. The van der Waals surface area contributed by atoms with Gasteiger partial charge in [0.25, 0.3) is 0 Å². The van der Waals surface area contributed by atoms with Crippen molar-refractivity contribution in [2.24, 2.45) is 0 Å². The molecule has 0 amide bonds. The highest BCUT2D eigenvalue weighted by molar-refractivity contribution is 5.87. The van der Waals surface area contributed by atoms with Gasteiger partial charge in [-0.05, 0) is 67.5 Å². The number of carbonyl (C=O) groups is 1. The summed E-state index contributed by atoms with van der Waals surface area (Å²) in [5.41, 5.74) is 9.69. The predicted molar refractivity (Wildman–Crippen MR) is 118 cm³/mol. The van der Waals surface area contributed by atoms with Gasteiger partial charge in [0.15, 0.2) is 6.29 Å². The van der Waals surface area contributed by atoms with E-state index in [1.807, 2.05) is 18.2 Å². The number of rotatable bonds is 6. The number of aromatic nitrogens is 1. The Labute approximate surface area is 176 Å². The Kier molecular flexibility index (Phi) is 6.14. The Morgan fingerprint density at radius 1 is 1.37 bits per heavy atom. The Morgan fingerprint density at radius 2 is 2.27 bits per heavy atom. The summed E-state index contributed by atoms with van der Waals surface area (Å²) in [4.78, 5) is 16.2. The Balaban J connectivity index is 1.72. The third kappa shape index (κ3) is 4.24. The van der Waals surface area contributed by atoms with Crippen LogP contribution in [0.2, 0.25) is 0 Å². The number of phenolic OH excluding ortho intramolecular Hbond substituents is 1. The van der Waals surface area contributed by atoms with Crippen molar-refractivity contribution in [2.75, 3.05) is 25.4 Å². The zero-order valence-corrected chi connectivity index (χ0v) is 16.9. The molecule has 1 aliphatic heterocycles. The van der Waals surface area contributed by atoms with Gasteiger partial charge in [0.05, 0.1) is 16.8 Å². The molecule has 1 aliphatic carbocycles. The first-order valence-corrected chi connectivity index (χ1v) is 10.4. The molecule has 2 aromatic rings. The average Bonchev–Trinajstić information content (AvgIpc) is 2.78. The maximum absolute atomic E-state index is 11.7. The third-order valence-electron chi connectivity index (χ3n) is 5.75. The molecule has 1 unspecified atom stereocenters. The van der Waals surface area contributed by atoms with Crippen LogP contribution < -0.4 is 15.8 Å². The first-order chi connectivity index (χ1) is 14.7. The number of aromatic hydroxyl groups is 1. The van der Waals surface area contributed by atoms with Crippen molar-refractivity contribution in [3.63, 3.8) is 0 Å². The number of nitrogens with two attached hydrogens (primary N) is 1. The first kappa shape index (κ1) is 20.2. The van der Waals surface area contributed by atoms with Crippen molar-refractivity contribution in [3.05, 3.63) is 59.2 Å². The molecular formula is C24H27N3O3. The summed E-state index contributed by atoms with van der Waals surface area (Å²) in [5.74, 6) is 0.974. The number of carbonyl (C=O) groups excluding carboxylic acids is 1. The lowest BCUT2D eigenvalue weighted by Crippen LogP contribution is -2.29. The quantitative estimate of drug-likeness (QED) is 0.629. The van der Waals surface area contributed by atoms with Crippen molar-refractivity contribution in [1.82, 2.24) is 10.3 Å². The van der Waals surface area contributed by atoms with E-state index in [0.717, 1.165) is 50.6 Å². The molecule has 4 N–H and O–H groups in total. The monoisotopic (exact) mass is 405 g/mol. The van der Waals surface area contributed by atoms with Crippen LogP contribution in [0.1, 0.15) is 47.5 Å². The van der Waals surface area contributed by atoms with Gasteiger partial charge in [0.2, 0.25) is 0 Å². The van der Waals surface area contributed by atoms with Crippen LogP contribution in [0.25, 0.3) is 11.3 Å². The highest BCUT2D eigenvalue weighted by Crippen LogP contribution is 2.40. The minimum Gasteiger partial charge on any atom is -0.507 e. The van der Waals surface area contributed by atoms with Gasteiger partial charge in [-0.1, -0.05) is 24.3 Å². The van der Waals surface area contributed by atoms with E-state index in [2.05, 4.69) is 22.5 Å². The number of ether oxygens (including phenoxy) is 1. The van der Waals surface area contributed by atoms with Gasteiger partial charge in [0.1, 0.15) is 23.9 Å². The summed E-state index contributed by atoms with van der Waals surface area (Å²) < 4.78 is 6.07. The van der Waals surface area contributed by atoms with Crippen molar-refractivity contribution in [3.8, 4) is 22.8 Å². The molecule has 0 radical (unpaired) electrons. The highest BCUT2D eigenvalue weighted by atomic mass is 16.5. The number of benzene rings is 1. The molecule has 30 heavy (non-hydrogen) atoms. The molecule has 1 aromatic carbocycles. The van der Waals surface area contributed by atoms with Crippen LogP contribution in [0, 0.1) is 0 Å². The van der Waals surface area contributed by atoms with Crippen molar-refractivity contribution >= 4 is 12.1 Å². The van der Waals surface area contributed by atoms with Crippen molar-refractivity contribution in [2.45, 2.75) is 31.6 Å². The number of hydrogen-bond acceptors (Lipinski definition) is 6. The number of hydrogen-bond donors (Lipinski definition) is 3. The fraction of sp³-hybridized carbons (Fsp3) is 0.333. The number of nitrogens with one attached hydrogen (secondary N) is 1. The number of allylic oxidation sites excluding steroid dienone is 3. The maximum atomic E-state index is 11.7. The van der Waals surface area contributed by atoms with Gasteiger partial charge in [-0.15, -0.1) is 0 Å². The Bertz CT molecular complexity index is 991. The second-order valence-corrected chi connectivity index (χ2v) is 7.79. The van der Waals surface area contributed by atoms with Gasteiger partial charge in [0, 0.05) is 6.54 Å². The van der Waals surface area contributed by atoms with E-state index in [1.54, 1.807) is 12.1 Å². The standard InChI is InChI=1S/C24H27N3O3/c25-24-19(14-28)18(17-8-5-11-26-13-17)12-20(27-24)23-21(29)9-4-10-22(23)30-15-16-6-2-1-3-7-16/h1-2,4,6,9-10,12,14,17,26,29H,3,5,7-8,11,13,15H2,(H2,25,27). The van der Waals surface area contributed by atoms with Gasteiger partial charge in [-0.3, -0.25) is 4.79 Å². The molecular weight excluding hydrogens is 378 g/mol. The summed E-state index contributed by atoms with van der Waals surface area (Å²) >= 11 is 0. The molecule has 0 bridgehead atoms. The van der Waals surface area contributed by atoms with Crippen LogP contribution in [0.4, 0.5) is 5.82 Å². The van der Waals surface area contributed by atoms with Crippen LogP contribution in [0.5, 0.6) is 11.5 Å². The molecule has 1 aromatic heterocycles. The Hall–Kier alpha value is -3.12. The molecule has 1 atom stereocenters. The van der Waals surface area contributed by atoms with E-state index in [0.29, 0.717) is 29.2 Å². The lowest BCUT2D eigenvalue weighted by molar-refractivity contribution is 0.112. The second-order valence-electron chi connectivity index (χ2n) is 7.79. The molecule has 156 valence electrons. The minimum atomic E-state index is 0.0727. The number of nitrogens with zero attached hydrogens (tertiary/aromatic N) is 1. The zero-order chi connectivity index (χ0) is 20.9. The van der Waals surface area contributed by atoms with E-state index in [-0.39, 0.29) is 17.5 Å². The molecule has 2 heterocycles. The van der Waals surface area contributed by atoms with Crippen molar-refractivity contribution < 1.29 is 14.6 Å². The smallest absolute Gasteiger partial charge is 0.154 e. The number of aldehydes is 1. The van der Waals surface area contributed by atoms with E-state index in [1.165, 1.54) is 5.57 Å². The van der Waals surface area contributed by atoms with Crippen LogP contribution in [-0.2, 0) is 0 Å². The van der Waals surface area contributed by atoms with Gasteiger partial charge < -0.3 is 20.9 Å². The van der Waals surface area contributed by atoms with Crippen LogP contribution in [-0.4, -0.2) is 36.1 Å². The predicted octanol–water partition coefficient (Wildman–Crippen LogP) is 3.97. The largest absolute Gasteiger partial charge is 0.507 e. The topological polar surface area (TPSA) is 97.5 Å². The summed E-state index contributed by atoms with van der Waals surface area (Å²) in [6.45, 7) is 2.21. The molecule has 1 fully saturated rings. The molecule has 2 aliphatic rings. The summed E-state index contributed by atoms with van der Waals surface area (Å²) in [5, 5.41) is 14.0. The minimum absolute atomic E-state index is 0.0727. The third-order valence-corrected chi connectivity index (χ3v) is 5.75. The summed E-state index contributed by atoms with van der Waals surface area (Å²) in [7, 11) is 0. The molecule has 6 nitrogen and oxygen atoms in total. The lowest BCUT2D eigenvalue weighted by atomic mass is 9.88.